The van der Waals surface area contributed by atoms with Crippen molar-refractivity contribution in [2.75, 3.05) is 5.73 Å². The molecule has 4 aromatic rings. The van der Waals surface area contributed by atoms with E-state index in [1.165, 1.54) is 4.63 Å². The molecule has 0 aliphatic rings. The molecule has 0 aliphatic carbocycles. The molecule has 0 atom stereocenters. The van der Waals surface area contributed by atoms with Gasteiger partial charge in [0.25, 0.3) is 0 Å². The summed E-state index contributed by atoms with van der Waals surface area (Å²) in [5.41, 5.74) is 9.03. The van der Waals surface area contributed by atoms with Gasteiger partial charge in [0, 0.05) is 17.4 Å². The van der Waals surface area contributed by atoms with Gasteiger partial charge in [-0.1, -0.05) is 12.1 Å². The van der Waals surface area contributed by atoms with Crippen LogP contribution in [0, 0.1) is 0 Å². The highest BCUT2D eigenvalue weighted by molar-refractivity contribution is 5.64. The summed E-state index contributed by atoms with van der Waals surface area (Å²) in [4.78, 5) is 0. The zero-order valence-electron chi connectivity index (χ0n) is 10.8. The van der Waals surface area contributed by atoms with Gasteiger partial charge >= 0.3 is 0 Å². The summed E-state index contributed by atoms with van der Waals surface area (Å²) >= 11 is 0. The fourth-order valence-electron chi connectivity index (χ4n) is 2.04. The lowest BCUT2D eigenvalue weighted by Crippen LogP contribution is -2.03. The molecule has 0 unspecified atom stereocenters. The highest BCUT2D eigenvalue weighted by Crippen LogP contribution is 2.20. The molecule has 0 spiro atoms. The van der Waals surface area contributed by atoms with Crippen molar-refractivity contribution in [3.05, 3.63) is 48.8 Å². The van der Waals surface area contributed by atoms with Crippen LogP contribution >= 0.6 is 0 Å². The molecule has 21 heavy (non-hydrogen) atoms. The fraction of sp³-hybridized carbons (Fsp3) is 0. The van der Waals surface area contributed by atoms with Crippen molar-refractivity contribution in [1.29, 1.82) is 0 Å². The summed E-state index contributed by atoms with van der Waals surface area (Å²) < 4.78 is 3.03. The molecule has 0 saturated carbocycles. The molecule has 102 valence electrons. The molecule has 0 fully saturated rings. The summed E-state index contributed by atoms with van der Waals surface area (Å²) in [6.07, 6.45) is 3.67. The van der Waals surface area contributed by atoms with E-state index in [0.29, 0.717) is 11.5 Å². The van der Waals surface area contributed by atoms with Crippen molar-refractivity contribution in [3.63, 3.8) is 0 Å². The maximum atomic E-state index is 5.69. The van der Waals surface area contributed by atoms with Crippen LogP contribution < -0.4 is 5.73 Å². The van der Waals surface area contributed by atoms with E-state index in [-0.39, 0.29) is 0 Å². The van der Waals surface area contributed by atoms with Crippen LogP contribution in [0.5, 0.6) is 0 Å². The zero-order valence-corrected chi connectivity index (χ0v) is 10.8. The summed E-state index contributed by atoms with van der Waals surface area (Å²) in [6.45, 7) is 0. The van der Waals surface area contributed by atoms with Gasteiger partial charge in [-0.15, -0.1) is 14.8 Å². The molecule has 1 aromatic carbocycles. The lowest BCUT2D eigenvalue weighted by Gasteiger charge is -1.99. The third-order valence-electron chi connectivity index (χ3n) is 3.12. The standard InChI is InChI=1S/C13H10N8/c14-11-3-1-9(2-4-11)10-7-15-20(8-10)13-6-5-12-16-18-19-21(12)17-13/h1-8H,14H2. The van der Waals surface area contributed by atoms with Crippen LogP contribution in [0.15, 0.2) is 48.8 Å². The fourth-order valence-corrected chi connectivity index (χ4v) is 2.04. The van der Waals surface area contributed by atoms with Crippen LogP contribution in [0.25, 0.3) is 22.6 Å². The molecular formula is C13H10N8. The normalized spacial score (nSPS) is 11.0. The van der Waals surface area contributed by atoms with Crippen molar-refractivity contribution in [2.24, 2.45) is 0 Å². The quantitative estimate of drug-likeness (QED) is 0.548. The first-order valence-electron chi connectivity index (χ1n) is 6.26. The Balaban J connectivity index is 1.74. The van der Waals surface area contributed by atoms with Gasteiger partial charge in [0.05, 0.1) is 6.20 Å². The van der Waals surface area contributed by atoms with E-state index in [1.807, 2.05) is 36.5 Å². The molecule has 0 radical (unpaired) electrons. The second-order valence-corrected chi connectivity index (χ2v) is 4.51. The molecule has 8 nitrogen and oxygen atoms in total. The van der Waals surface area contributed by atoms with Crippen molar-refractivity contribution < 1.29 is 0 Å². The molecule has 3 aromatic heterocycles. The Morgan fingerprint density at radius 3 is 2.67 bits per heavy atom. The van der Waals surface area contributed by atoms with E-state index in [9.17, 15) is 0 Å². The van der Waals surface area contributed by atoms with Crippen molar-refractivity contribution in [2.45, 2.75) is 0 Å². The highest BCUT2D eigenvalue weighted by atomic mass is 15.6. The van der Waals surface area contributed by atoms with Gasteiger partial charge in [0.1, 0.15) is 0 Å². The van der Waals surface area contributed by atoms with Crippen LogP contribution in [0.2, 0.25) is 0 Å². The van der Waals surface area contributed by atoms with Crippen LogP contribution in [0.3, 0.4) is 0 Å². The molecule has 8 heteroatoms. The summed E-state index contributed by atoms with van der Waals surface area (Å²) in [5, 5.41) is 19.7. The second-order valence-electron chi connectivity index (χ2n) is 4.51. The lowest BCUT2D eigenvalue weighted by atomic mass is 10.1. The van der Waals surface area contributed by atoms with E-state index in [0.717, 1.165) is 16.8 Å². The van der Waals surface area contributed by atoms with E-state index in [4.69, 9.17) is 5.73 Å². The molecule has 3 heterocycles. The van der Waals surface area contributed by atoms with Crippen LogP contribution in [0.1, 0.15) is 0 Å². The van der Waals surface area contributed by atoms with Gasteiger partial charge in [-0.05, 0) is 40.3 Å². The zero-order chi connectivity index (χ0) is 14.2. The summed E-state index contributed by atoms with van der Waals surface area (Å²) in [7, 11) is 0. The minimum Gasteiger partial charge on any atom is -0.399 e. The largest absolute Gasteiger partial charge is 0.399 e. The number of hydrogen-bond donors (Lipinski definition) is 1. The van der Waals surface area contributed by atoms with E-state index in [2.05, 4.69) is 25.7 Å². The predicted octanol–water partition coefficient (Wildman–Crippen LogP) is 0.954. The Morgan fingerprint density at radius 1 is 0.952 bits per heavy atom. The number of nitrogens with zero attached hydrogens (tertiary/aromatic N) is 7. The van der Waals surface area contributed by atoms with Crippen LogP contribution in [0.4, 0.5) is 5.69 Å². The third kappa shape index (κ3) is 1.98. The van der Waals surface area contributed by atoms with Crippen molar-refractivity contribution >= 4 is 11.3 Å². The molecule has 2 N–H and O–H groups in total. The van der Waals surface area contributed by atoms with E-state index < -0.39 is 0 Å². The first kappa shape index (κ1) is 11.5. The highest BCUT2D eigenvalue weighted by Gasteiger charge is 2.06. The average molecular weight is 278 g/mol. The molecule has 0 aliphatic heterocycles. The van der Waals surface area contributed by atoms with Gasteiger partial charge in [-0.2, -0.15) is 5.10 Å². The molecule has 0 amide bonds. The van der Waals surface area contributed by atoms with Gasteiger partial charge in [0.15, 0.2) is 11.5 Å². The van der Waals surface area contributed by atoms with Gasteiger partial charge in [-0.3, -0.25) is 0 Å². The summed E-state index contributed by atoms with van der Waals surface area (Å²) in [5.74, 6) is 0.636. The number of nitrogens with two attached hydrogens (primary N) is 1. The Labute approximate surface area is 118 Å². The van der Waals surface area contributed by atoms with Crippen LogP contribution in [-0.2, 0) is 0 Å². The number of aromatic nitrogens is 7. The number of anilines is 1. The Morgan fingerprint density at radius 2 is 1.81 bits per heavy atom. The Kier molecular flexibility index (Phi) is 2.40. The topological polar surface area (TPSA) is 99.8 Å². The van der Waals surface area contributed by atoms with Gasteiger partial charge < -0.3 is 5.73 Å². The van der Waals surface area contributed by atoms with E-state index in [1.54, 1.807) is 16.9 Å². The van der Waals surface area contributed by atoms with Crippen LogP contribution in [-0.4, -0.2) is 35.0 Å². The van der Waals surface area contributed by atoms with Crippen molar-refractivity contribution in [3.8, 4) is 16.9 Å². The predicted molar refractivity (Wildman–Crippen MR) is 75.5 cm³/mol. The second kappa shape index (κ2) is 4.37. The van der Waals surface area contributed by atoms with Gasteiger partial charge in [0.2, 0.25) is 0 Å². The maximum Gasteiger partial charge on any atom is 0.200 e. The number of nitrogen functional groups attached to an aromatic ring is 1. The first-order chi connectivity index (χ1) is 10.3. The monoisotopic (exact) mass is 278 g/mol. The minimum atomic E-state index is 0.588. The number of fused-ring (bicyclic) bond motifs is 1. The van der Waals surface area contributed by atoms with E-state index >= 15 is 0 Å². The smallest absolute Gasteiger partial charge is 0.200 e. The molecular weight excluding hydrogens is 268 g/mol. The maximum absolute atomic E-state index is 5.69. The number of tetrazole rings is 1. The molecule has 0 saturated heterocycles. The molecule has 0 bridgehead atoms. The van der Waals surface area contributed by atoms with Crippen molar-refractivity contribution in [1.82, 2.24) is 35.0 Å². The first-order valence-corrected chi connectivity index (χ1v) is 6.26. The number of hydrogen-bond acceptors (Lipinski definition) is 6. The van der Waals surface area contributed by atoms with Gasteiger partial charge in [-0.25, -0.2) is 4.68 Å². The molecule has 4 rings (SSSR count). The minimum absolute atomic E-state index is 0.588. The Hall–Kier alpha value is -3.29. The Bertz CT molecular complexity index is 905. The average Bonchev–Trinajstić information content (AvgIpc) is 3.16. The summed E-state index contributed by atoms with van der Waals surface area (Å²) in [6, 6.07) is 11.2. The number of benzene rings is 1. The SMILES string of the molecule is Nc1ccc(-c2cnn(-c3ccc4nnnn4n3)c2)cc1. The number of rotatable bonds is 2. The lowest BCUT2D eigenvalue weighted by molar-refractivity contribution is 0.702. The third-order valence-corrected chi connectivity index (χ3v) is 3.12.